The van der Waals surface area contributed by atoms with Gasteiger partial charge in [-0.25, -0.2) is 22.7 Å². The van der Waals surface area contributed by atoms with Gasteiger partial charge in [0.2, 0.25) is 10.0 Å². The third-order valence-corrected chi connectivity index (χ3v) is 7.94. The van der Waals surface area contributed by atoms with Crippen LogP contribution in [0, 0.1) is 0 Å². The Morgan fingerprint density at radius 1 is 1.16 bits per heavy atom. The fourth-order valence-electron chi connectivity index (χ4n) is 3.48. The van der Waals surface area contributed by atoms with E-state index in [0.717, 1.165) is 34.5 Å². The van der Waals surface area contributed by atoms with Crippen LogP contribution in [-0.4, -0.2) is 53.0 Å². The number of benzene rings is 2. The molecule has 0 aliphatic carbocycles. The van der Waals surface area contributed by atoms with Crippen LogP contribution in [0.4, 0.5) is 0 Å². The summed E-state index contributed by atoms with van der Waals surface area (Å²) in [6.07, 6.45) is 3.68. The van der Waals surface area contributed by atoms with Crippen molar-refractivity contribution < 1.29 is 13.2 Å². The normalized spacial score (nSPS) is 12.0. The molecule has 168 valence electrons. The first-order valence-electron chi connectivity index (χ1n) is 10.1. The molecule has 0 saturated carbocycles. The summed E-state index contributed by atoms with van der Waals surface area (Å²) in [4.78, 5) is 9.49. The van der Waals surface area contributed by atoms with Crippen molar-refractivity contribution in [2.24, 2.45) is 0 Å². The van der Waals surface area contributed by atoms with Crippen molar-refractivity contribution in [3.05, 3.63) is 60.7 Å². The van der Waals surface area contributed by atoms with Gasteiger partial charge in [-0.1, -0.05) is 17.8 Å². The van der Waals surface area contributed by atoms with E-state index in [-0.39, 0.29) is 4.90 Å². The molecule has 8 nitrogen and oxygen atoms in total. The van der Waals surface area contributed by atoms with Crippen molar-refractivity contribution in [1.82, 2.24) is 23.4 Å². The van der Waals surface area contributed by atoms with Crippen LogP contribution in [0.25, 0.3) is 16.7 Å². The highest BCUT2D eigenvalue weighted by Crippen LogP contribution is 2.28. The van der Waals surface area contributed by atoms with Gasteiger partial charge in [0.15, 0.2) is 5.16 Å². The quantitative estimate of drug-likeness (QED) is 0.364. The molecule has 0 atom stereocenters. The number of aryl methyl sites for hydroxylation is 1. The lowest BCUT2D eigenvalue weighted by Crippen LogP contribution is -2.22. The van der Waals surface area contributed by atoms with E-state index in [1.807, 2.05) is 41.1 Å². The lowest BCUT2D eigenvalue weighted by atomic mass is 10.3. The average Bonchev–Trinajstić information content (AvgIpc) is 3.40. The number of rotatable bonds is 8. The van der Waals surface area contributed by atoms with Gasteiger partial charge in [-0.15, -0.1) is 0 Å². The van der Waals surface area contributed by atoms with Crippen LogP contribution in [0.2, 0.25) is 0 Å². The first kappa shape index (κ1) is 22.4. The maximum atomic E-state index is 12.5. The number of fused-ring (bicyclic) bond motifs is 1. The molecule has 0 aliphatic rings. The van der Waals surface area contributed by atoms with E-state index in [9.17, 15) is 8.42 Å². The molecule has 0 spiro atoms. The van der Waals surface area contributed by atoms with Gasteiger partial charge in [-0.2, -0.15) is 0 Å². The minimum absolute atomic E-state index is 0.239. The highest BCUT2D eigenvalue weighted by atomic mass is 32.2. The maximum Gasteiger partial charge on any atom is 0.242 e. The summed E-state index contributed by atoms with van der Waals surface area (Å²) in [6, 6.07) is 12.9. The van der Waals surface area contributed by atoms with Gasteiger partial charge in [0, 0.05) is 39.1 Å². The van der Waals surface area contributed by atoms with Gasteiger partial charge in [0.25, 0.3) is 0 Å². The zero-order valence-electron chi connectivity index (χ0n) is 18.4. The molecule has 2 aromatic carbocycles. The lowest BCUT2D eigenvalue weighted by molar-refractivity contribution is 0.414. The van der Waals surface area contributed by atoms with Crippen LogP contribution in [-0.2, 0) is 22.3 Å². The second kappa shape index (κ2) is 8.97. The maximum absolute atomic E-state index is 12.5. The summed E-state index contributed by atoms with van der Waals surface area (Å²) in [5, 5.41) is 0.837. The minimum atomic E-state index is -3.51. The number of thioether (sulfide) groups is 1. The number of sulfonamides is 1. The van der Waals surface area contributed by atoms with Crippen molar-refractivity contribution >= 4 is 32.8 Å². The van der Waals surface area contributed by atoms with E-state index in [4.69, 9.17) is 9.72 Å². The largest absolute Gasteiger partial charge is 0.497 e. The molecule has 2 aromatic heterocycles. The Bertz CT molecular complexity index is 1360. The van der Waals surface area contributed by atoms with E-state index < -0.39 is 10.0 Å². The van der Waals surface area contributed by atoms with E-state index in [1.165, 1.54) is 18.4 Å². The zero-order chi connectivity index (χ0) is 22.9. The Kier molecular flexibility index (Phi) is 6.27. The van der Waals surface area contributed by atoms with E-state index in [0.29, 0.717) is 11.3 Å². The van der Waals surface area contributed by atoms with Crippen molar-refractivity contribution in [2.75, 3.05) is 21.2 Å². The number of aromatic nitrogens is 4. The van der Waals surface area contributed by atoms with Gasteiger partial charge in [-0.3, -0.25) is 4.57 Å². The summed E-state index contributed by atoms with van der Waals surface area (Å²) in [7, 11) is 1.18. The fraction of sp³-hybridized carbons (Fsp3) is 0.273. The molecule has 0 radical (unpaired) electrons. The van der Waals surface area contributed by atoms with Gasteiger partial charge in [-0.05, 0) is 37.3 Å². The molecule has 4 aromatic rings. The SMILES string of the molecule is CCn1c(CSc2nccn2-c2cccc(OC)c2)nc2cc(S(=O)(=O)N(C)C)ccc21. The summed E-state index contributed by atoms with van der Waals surface area (Å²) in [6.45, 7) is 2.79. The van der Waals surface area contributed by atoms with Gasteiger partial charge < -0.3 is 9.30 Å². The number of nitrogens with zero attached hydrogens (tertiary/aromatic N) is 5. The number of methoxy groups -OCH3 is 1. The Morgan fingerprint density at radius 3 is 2.69 bits per heavy atom. The van der Waals surface area contributed by atoms with E-state index >= 15 is 0 Å². The Labute approximate surface area is 191 Å². The monoisotopic (exact) mass is 471 g/mol. The zero-order valence-corrected chi connectivity index (χ0v) is 20.0. The third kappa shape index (κ3) is 4.13. The molecule has 0 amide bonds. The van der Waals surface area contributed by atoms with Crippen LogP contribution in [0.3, 0.4) is 0 Å². The molecule has 0 unspecified atom stereocenters. The van der Waals surface area contributed by atoms with Crippen molar-refractivity contribution in [2.45, 2.75) is 29.3 Å². The number of ether oxygens (including phenoxy) is 1. The molecule has 0 aliphatic heterocycles. The second-order valence-corrected chi connectivity index (χ2v) is 10.4. The highest BCUT2D eigenvalue weighted by Gasteiger charge is 2.20. The van der Waals surface area contributed by atoms with Crippen molar-refractivity contribution in [3.63, 3.8) is 0 Å². The molecule has 4 rings (SSSR count). The molecule has 0 fully saturated rings. The molecule has 0 bridgehead atoms. The number of hydrogen-bond donors (Lipinski definition) is 0. The summed E-state index contributed by atoms with van der Waals surface area (Å²) >= 11 is 1.58. The Morgan fingerprint density at radius 2 is 1.97 bits per heavy atom. The van der Waals surface area contributed by atoms with Crippen LogP contribution < -0.4 is 4.74 Å². The third-order valence-electron chi connectivity index (χ3n) is 5.16. The van der Waals surface area contributed by atoms with Crippen LogP contribution >= 0.6 is 11.8 Å². The lowest BCUT2D eigenvalue weighted by Gasteiger charge is -2.11. The smallest absolute Gasteiger partial charge is 0.242 e. The molecule has 0 N–H and O–H groups in total. The molecule has 2 heterocycles. The molecule has 0 saturated heterocycles. The number of hydrogen-bond acceptors (Lipinski definition) is 6. The van der Waals surface area contributed by atoms with Crippen LogP contribution in [0.15, 0.2) is 64.9 Å². The average molecular weight is 472 g/mol. The predicted molar refractivity (Wildman–Crippen MR) is 126 cm³/mol. The van der Waals surface area contributed by atoms with Gasteiger partial charge >= 0.3 is 0 Å². The predicted octanol–water partition coefficient (Wildman–Crippen LogP) is 3.79. The number of imidazole rings is 2. The summed E-state index contributed by atoms with van der Waals surface area (Å²) < 4.78 is 35.7. The minimum Gasteiger partial charge on any atom is -0.497 e. The molecule has 10 heteroatoms. The van der Waals surface area contributed by atoms with E-state index in [1.54, 1.807) is 37.2 Å². The van der Waals surface area contributed by atoms with Crippen LogP contribution in [0.5, 0.6) is 5.75 Å². The first-order chi connectivity index (χ1) is 15.3. The highest BCUT2D eigenvalue weighted by molar-refractivity contribution is 7.98. The van der Waals surface area contributed by atoms with Gasteiger partial charge in [0.05, 0.1) is 34.5 Å². The Balaban J connectivity index is 1.64. The molecular weight excluding hydrogens is 446 g/mol. The first-order valence-corrected chi connectivity index (χ1v) is 12.5. The second-order valence-electron chi connectivity index (χ2n) is 7.28. The molecular formula is C22H25N5O3S2. The van der Waals surface area contributed by atoms with Crippen molar-refractivity contribution in [3.8, 4) is 11.4 Å². The Hall–Kier alpha value is -2.82. The fourth-order valence-corrected chi connectivity index (χ4v) is 5.32. The summed E-state index contributed by atoms with van der Waals surface area (Å²) in [5.41, 5.74) is 2.55. The van der Waals surface area contributed by atoms with Crippen molar-refractivity contribution in [1.29, 1.82) is 0 Å². The molecule has 32 heavy (non-hydrogen) atoms. The van der Waals surface area contributed by atoms with Gasteiger partial charge in [0.1, 0.15) is 11.6 Å². The topological polar surface area (TPSA) is 82.2 Å². The van der Waals surface area contributed by atoms with E-state index in [2.05, 4.69) is 16.5 Å². The standard InChI is InChI=1S/C22H25N5O3S2/c1-5-26-20-10-9-18(32(28,29)25(2)3)14-19(20)24-21(26)15-31-22-23-11-12-27(22)16-7-6-8-17(13-16)30-4/h6-14H,5,15H2,1-4H3. The summed E-state index contributed by atoms with van der Waals surface area (Å²) in [5.74, 6) is 2.25. The van der Waals surface area contributed by atoms with Crippen LogP contribution in [0.1, 0.15) is 12.7 Å².